The van der Waals surface area contributed by atoms with E-state index in [4.69, 9.17) is 14.5 Å². The average molecular weight is 381 g/mol. The van der Waals surface area contributed by atoms with E-state index in [1.807, 2.05) is 11.3 Å². The van der Waals surface area contributed by atoms with E-state index < -0.39 is 0 Å². The number of hydrogen-bond donors (Lipinski definition) is 2. The summed E-state index contributed by atoms with van der Waals surface area (Å²) in [7, 11) is 0. The van der Waals surface area contributed by atoms with Gasteiger partial charge in [0.05, 0.1) is 31.9 Å². The predicted molar refractivity (Wildman–Crippen MR) is 107 cm³/mol. The number of aryl methyl sites for hydroxylation is 1. The summed E-state index contributed by atoms with van der Waals surface area (Å²) < 4.78 is 11.2. The third-order valence-electron chi connectivity index (χ3n) is 4.86. The summed E-state index contributed by atoms with van der Waals surface area (Å²) in [4.78, 5) is 10.1. The van der Waals surface area contributed by atoms with Crippen LogP contribution in [0.3, 0.4) is 0 Å². The molecule has 26 heavy (non-hydrogen) atoms. The minimum absolute atomic E-state index is 0.314. The van der Waals surface area contributed by atoms with Crippen LogP contribution in [0, 0.1) is 6.92 Å². The van der Waals surface area contributed by atoms with E-state index >= 15 is 0 Å². The number of nitrogens with zero attached hydrogens (tertiary/aromatic N) is 2. The first-order valence-corrected chi connectivity index (χ1v) is 10.6. The fourth-order valence-corrected chi connectivity index (χ4v) is 4.45. The van der Waals surface area contributed by atoms with Crippen LogP contribution in [0.4, 0.5) is 0 Å². The molecule has 3 rings (SSSR count). The highest BCUT2D eigenvalue weighted by molar-refractivity contribution is 7.12. The molecule has 2 aliphatic rings. The molecule has 0 radical (unpaired) electrons. The lowest BCUT2D eigenvalue weighted by atomic mass is 10.2. The molecule has 0 bridgehead atoms. The smallest absolute Gasteiger partial charge is 0.191 e. The van der Waals surface area contributed by atoms with Crippen LogP contribution in [0.5, 0.6) is 0 Å². The summed E-state index contributed by atoms with van der Waals surface area (Å²) >= 11 is 1.88. The molecule has 0 aromatic carbocycles. The van der Waals surface area contributed by atoms with E-state index in [0.717, 1.165) is 71.3 Å². The van der Waals surface area contributed by atoms with Crippen molar-refractivity contribution in [2.24, 2.45) is 4.99 Å². The van der Waals surface area contributed by atoms with Gasteiger partial charge in [-0.1, -0.05) is 0 Å². The molecule has 2 atom stereocenters. The molecule has 0 saturated carbocycles. The molecule has 2 N–H and O–H groups in total. The van der Waals surface area contributed by atoms with Crippen molar-refractivity contribution in [3.63, 3.8) is 0 Å². The zero-order valence-electron chi connectivity index (χ0n) is 16.0. The Labute approximate surface area is 161 Å². The van der Waals surface area contributed by atoms with Gasteiger partial charge < -0.3 is 20.1 Å². The maximum absolute atomic E-state index is 5.71. The highest BCUT2D eigenvalue weighted by Gasteiger charge is 2.24. The molecule has 2 aliphatic heterocycles. The lowest BCUT2D eigenvalue weighted by Gasteiger charge is -2.33. The van der Waals surface area contributed by atoms with Crippen molar-refractivity contribution in [3.8, 4) is 0 Å². The van der Waals surface area contributed by atoms with Crippen molar-refractivity contribution in [3.05, 3.63) is 21.9 Å². The average Bonchev–Trinajstić information content (AvgIpc) is 3.32. The highest BCUT2D eigenvalue weighted by atomic mass is 32.1. The van der Waals surface area contributed by atoms with Crippen LogP contribution >= 0.6 is 11.3 Å². The molecule has 7 heteroatoms. The second-order valence-electron chi connectivity index (χ2n) is 6.85. The first-order chi connectivity index (χ1) is 12.8. The number of rotatable bonds is 7. The predicted octanol–water partition coefficient (Wildman–Crippen LogP) is 2.16. The number of morpholine rings is 1. The van der Waals surface area contributed by atoms with Gasteiger partial charge in [0.25, 0.3) is 0 Å². The molecule has 1 aromatic rings. The minimum atomic E-state index is 0.314. The Kier molecular flexibility index (Phi) is 7.73. The van der Waals surface area contributed by atoms with Crippen LogP contribution in [0.1, 0.15) is 35.6 Å². The SMILES string of the molecule is CCNC(=NCC(c1ccc(C)s1)N1CCOCC1)NCC1CCCO1. The zero-order chi connectivity index (χ0) is 18.2. The van der Waals surface area contributed by atoms with Crippen LogP contribution in [0.15, 0.2) is 17.1 Å². The van der Waals surface area contributed by atoms with Crippen LogP contribution < -0.4 is 10.6 Å². The monoisotopic (exact) mass is 380 g/mol. The van der Waals surface area contributed by atoms with Crippen molar-refractivity contribution < 1.29 is 9.47 Å². The molecule has 0 spiro atoms. The van der Waals surface area contributed by atoms with Gasteiger partial charge in [0.1, 0.15) is 0 Å². The van der Waals surface area contributed by atoms with Crippen molar-refractivity contribution in [2.75, 3.05) is 52.5 Å². The van der Waals surface area contributed by atoms with Gasteiger partial charge in [-0.25, -0.2) is 0 Å². The van der Waals surface area contributed by atoms with E-state index in [9.17, 15) is 0 Å². The molecule has 0 amide bonds. The number of hydrogen-bond acceptors (Lipinski definition) is 5. The van der Waals surface area contributed by atoms with Gasteiger partial charge >= 0.3 is 0 Å². The number of ether oxygens (including phenoxy) is 2. The third kappa shape index (κ3) is 5.67. The van der Waals surface area contributed by atoms with Crippen molar-refractivity contribution >= 4 is 17.3 Å². The number of nitrogens with one attached hydrogen (secondary N) is 2. The van der Waals surface area contributed by atoms with Gasteiger partial charge in [0.15, 0.2) is 5.96 Å². The summed E-state index contributed by atoms with van der Waals surface area (Å²) in [5.74, 6) is 0.884. The molecule has 0 aliphatic carbocycles. The standard InChI is InChI=1S/C19H32N4O2S/c1-3-20-19(21-13-16-5-4-10-25-16)22-14-17(18-7-6-15(2)26-18)23-8-11-24-12-9-23/h6-7,16-17H,3-5,8-14H2,1-2H3,(H2,20,21,22). The fourth-order valence-electron chi connectivity index (χ4n) is 3.44. The summed E-state index contributed by atoms with van der Waals surface area (Å²) in [5, 5.41) is 6.82. The van der Waals surface area contributed by atoms with Gasteiger partial charge in [-0.15, -0.1) is 11.3 Å². The van der Waals surface area contributed by atoms with Gasteiger partial charge in [-0.3, -0.25) is 9.89 Å². The Morgan fingerprint density at radius 1 is 1.31 bits per heavy atom. The Morgan fingerprint density at radius 2 is 2.15 bits per heavy atom. The molecule has 2 saturated heterocycles. The van der Waals surface area contributed by atoms with E-state index in [0.29, 0.717) is 12.1 Å². The highest BCUT2D eigenvalue weighted by Crippen LogP contribution is 2.28. The van der Waals surface area contributed by atoms with E-state index in [1.165, 1.54) is 9.75 Å². The number of guanidine groups is 1. The maximum Gasteiger partial charge on any atom is 0.191 e. The van der Waals surface area contributed by atoms with Crippen molar-refractivity contribution in [2.45, 2.75) is 38.8 Å². The van der Waals surface area contributed by atoms with Crippen molar-refractivity contribution in [1.29, 1.82) is 0 Å². The van der Waals surface area contributed by atoms with E-state index in [-0.39, 0.29) is 0 Å². The van der Waals surface area contributed by atoms with Crippen molar-refractivity contribution in [1.82, 2.24) is 15.5 Å². The molecule has 1 aromatic heterocycles. The van der Waals surface area contributed by atoms with Gasteiger partial charge in [-0.05, 0) is 38.8 Å². The molecular weight excluding hydrogens is 348 g/mol. The Balaban J connectivity index is 1.65. The quantitative estimate of drug-likeness (QED) is 0.561. The lowest BCUT2D eigenvalue weighted by Crippen LogP contribution is -2.43. The van der Waals surface area contributed by atoms with Gasteiger partial charge in [0.2, 0.25) is 0 Å². The van der Waals surface area contributed by atoms with Crippen LogP contribution in [-0.4, -0.2) is 69.5 Å². The Bertz CT molecular complexity index is 566. The molecule has 2 fully saturated rings. The molecule has 3 heterocycles. The minimum Gasteiger partial charge on any atom is -0.379 e. The van der Waals surface area contributed by atoms with Gasteiger partial charge in [-0.2, -0.15) is 0 Å². The lowest BCUT2D eigenvalue weighted by molar-refractivity contribution is 0.0186. The summed E-state index contributed by atoms with van der Waals surface area (Å²) in [6.07, 6.45) is 2.61. The molecule has 6 nitrogen and oxygen atoms in total. The second-order valence-corrected chi connectivity index (χ2v) is 8.17. The normalized spacial score (nSPS) is 23.2. The maximum atomic E-state index is 5.71. The first-order valence-electron chi connectivity index (χ1n) is 9.78. The Morgan fingerprint density at radius 3 is 2.81 bits per heavy atom. The molecule has 2 unspecified atom stereocenters. The summed E-state index contributed by atoms with van der Waals surface area (Å²) in [5.41, 5.74) is 0. The van der Waals surface area contributed by atoms with Crippen LogP contribution in [0.25, 0.3) is 0 Å². The molecular formula is C19H32N4O2S. The Hall–Kier alpha value is -1.15. The topological polar surface area (TPSA) is 58.1 Å². The third-order valence-corrected chi connectivity index (χ3v) is 5.97. The number of thiophene rings is 1. The number of aliphatic imine (C=N–C) groups is 1. The van der Waals surface area contributed by atoms with E-state index in [1.54, 1.807) is 0 Å². The largest absolute Gasteiger partial charge is 0.379 e. The first kappa shape index (κ1) is 19.6. The van der Waals surface area contributed by atoms with E-state index in [2.05, 4.69) is 41.5 Å². The van der Waals surface area contributed by atoms with Gasteiger partial charge in [0, 0.05) is 42.5 Å². The zero-order valence-corrected chi connectivity index (χ0v) is 16.8. The van der Waals surface area contributed by atoms with Crippen LogP contribution in [-0.2, 0) is 9.47 Å². The summed E-state index contributed by atoms with van der Waals surface area (Å²) in [6.45, 7) is 11.1. The fraction of sp³-hybridized carbons (Fsp3) is 0.737. The van der Waals surface area contributed by atoms with Crippen LogP contribution in [0.2, 0.25) is 0 Å². The second kappa shape index (κ2) is 10.3. The molecule has 146 valence electrons. The summed E-state index contributed by atoms with van der Waals surface area (Å²) in [6, 6.07) is 4.77.